The summed E-state index contributed by atoms with van der Waals surface area (Å²) < 4.78 is 0. The molecule has 1 heterocycles. The average Bonchev–Trinajstić information content (AvgIpc) is 2.95. The molecule has 0 aliphatic rings. The topological polar surface area (TPSA) is 148 Å². The Hall–Kier alpha value is -3.41. The monoisotopic (exact) mass is 272 g/mol. The number of aromatic hydroxyl groups is 1. The van der Waals surface area contributed by atoms with Crippen LogP contribution in [0.15, 0.2) is 24.4 Å². The van der Waals surface area contributed by atoms with Gasteiger partial charge in [0.25, 0.3) is 0 Å². The molecule has 20 heavy (non-hydrogen) atoms. The van der Waals surface area contributed by atoms with Crippen LogP contribution in [-0.2, 0) is 0 Å². The number of tetrazole rings is 1. The predicted octanol–water partition coefficient (Wildman–Crippen LogP) is 0.580. The number of aromatic amines is 1. The molecule has 0 fully saturated rings. The lowest BCUT2D eigenvalue weighted by molar-refractivity contribution is 0.0696. The molecule has 0 unspecified atom stereocenters. The van der Waals surface area contributed by atoms with Crippen LogP contribution in [0.3, 0.4) is 0 Å². The lowest BCUT2D eigenvalue weighted by atomic mass is 10.2. The zero-order chi connectivity index (χ0) is 14.5. The van der Waals surface area contributed by atoms with Gasteiger partial charge >= 0.3 is 5.97 Å². The molecular weight excluding hydrogens is 264 g/mol. The summed E-state index contributed by atoms with van der Waals surface area (Å²) in [5.74, 6) is -1.31. The Balaban J connectivity index is 2.22. The molecule has 4 N–H and O–H groups in total. The van der Waals surface area contributed by atoms with Gasteiger partial charge in [-0.2, -0.15) is 10.5 Å². The van der Waals surface area contributed by atoms with Crippen molar-refractivity contribution in [2.24, 2.45) is 0 Å². The SMILES string of the molecule is N#CC(=CNc1ccc(C(=O)O)cc1O)c1nn[nH]n1. The van der Waals surface area contributed by atoms with Gasteiger partial charge in [0.2, 0.25) is 5.82 Å². The largest absolute Gasteiger partial charge is 0.506 e. The minimum atomic E-state index is -1.15. The summed E-state index contributed by atoms with van der Waals surface area (Å²) in [4.78, 5) is 10.7. The van der Waals surface area contributed by atoms with Crippen molar-refractivity contribution in [3.05, 3.63) is 35.8 Å². The molecule has 0 radical (unpaired) electrons. The molecule has 0 aliphatic heterocycles. The maximum Gasteiger partial charge on any atom is 0.335 e. The van der Waals surface area contributed by atoms with Crippen LogP contribution >= 0.6 is 0 Å². The van der Waals surface area contributed by atoms with Gasteiger partial charge in [-0.15, -0.1) is 10.2 Å². The van der Waals surface area contributed by atoms with Crippen LogP contribution < -0.4 is 5.32 Å². The van der Waals surface area contributed by atoms with Gasteiger partial charge in [0.1, 0.15) is 17.4 Å². The summed E-state index contributed by atoms with van der Waals surface area (Å²) in [5, 5.41) is 42.9. The Morgan fingerprint density at radius 1 is 1.50 bits per heavy atom. The number of rotatable bonds is 4. The van der Waals surface area contributed by atoms with Crippen molar-refractivity contribution in [2.75, 3.05) is 5.32 Å². The Labute approximate surface area is 112 Å². The van der Waals surface area contributed by atoms with Crippen molar-refractivity contribution in [2.45, 2.75) is 0 Å². The normalized spacial score (nSPS) is 10.8. The minimum Gasteiger partial charge on any atom is -0.506 e. The van der Waals surface area contributed by atoms with E-state index in [2.05, 4.69) is 25.9 Å². The zero-order valence-electron chi connectivity index (χ0n) is 9.90. The lowest BCUT2D eigenvalue weighted by Gasteiger charge is -2.05. The van der Waals surface area contributed by atoms with Crippen LogP contribution in [0.4, 0.5) is 5.69 Å². The molecule has 0 aliphatic carbocycles. The zero-order valence-corrected chi connectivity index (χ0v) is 9.90. The summed E-state index contributed by atoms with van der Waals surface area (Å²) in [6.07, 6.45) is 1.28. The van der Waals surface area contributed by atoms with Crippen LogP contribution in [0.25, 0.3) is 5.57 Å². The molecule has 2 aromatic rings. The average molecular weight is 272 g/mol. The quantitative estimate of drug-likeness (QED) is 0.466. The van der Waals surface area contributed by atoms with Crippen LogP contribution in [0.2, 0.25) is 0 Å². The standard InChI is InChI=1S/C11H8N6O3/c12-4-7(10-14-16-17-15-10)5-13-8-2-1-6(11(19)20)3-9(8)18/h1-3,5,13,18H,(H,19,20)(H,14,15,16,17). The summed E-state index contributed by atoms with van der Waals surface area (Å²) in [6.45, 7) is 0. The van der Waals surface area contributed by atoms with Crippen LogP contribution in [0, 0.1) is 11.3 Å². The first-order valence-electron chi connectivity index (χ1n) is 5.28. The van der Waals surface area contributed by atoms with Crippen molar-refractivity contribution in [1.82, 2.24) is 20.6 Å². The highest BCUT2D eigenvalue weighted by Gasteiger charge is 2.09. The second-order valence-electron chi connectivity index (χ2n) is 3.59. The van der Waals surface area contributed by atoms with E-state index in [1.807, 2.05) is 6.07 Å². The van der Waals surface area contributed by atoms with E-state index in [4.69, 9.17) is 10.4 Å². The number of nitrogens with one attached hydrogen (secondary N) is 2. The molecule has 9 heteroatoms. The van der Waals surface area contributed by atoms with Crippen molar-refractivity contribution in [1.29, 1.82) is 5.26 Å². The molecule has 0 spiro atoms. The van der Waals surface area contributed by atoms with Crippen LogP contribution in [-0.4, -0.2) is 36.8 Å². The molecule has 0 saturated carbocycles. The highest BCUT2D eigenvalue weighted by Crippen LogP contribution is 2.24. The number of hydrogen-bond acceptors (Lipinski definition) is 7. The third kappa shape index (κ3) is 2.70. The lowest BCUT2D eigenvalue weighted by Crippen LogP contribution is -1.97. The first kappa shape index (κ1) is 13.0. The van der Waals surface area contributed by atoms with Crippen LogP contribution in [0.1, 0.15) is 16.2 Å². The number of aromatic carboxylic acids is 1. The smallest absolute Gasteiger partial charge is 0.335 e. The van der Waals surface area contributed by atoms with E-state index in [1.165, 1.54) is 18.3 Å². The molecular formula is C11H8N6O3. The molecule has 1 aromatic heterocycles. The van der Waals surface area contributed by atoms with E-state index in [1.54, 1.807) is 0 Å². The van der Waals surface area contributed by atoms with E-state index in [-0.39, 0.29) is 28.4 Å². The third-order valence-corrected chi connectivity index (χ3v) is 2.32. The van der Waals surface area contributed by atoms with Gasteiger partial charge in [-0.3, -0.25) is 0 Å². The van der Waals surface area contributed by atoms with E-state index in [9.17, 15) is 9.90 Å². The Morgan fingerprint density at radius 3 is 2.85 bits per heavy atom. The van der Waals surface area contributed by atoms with Crippen LogP contribution in [0.5, 0.6) is 5.75 Å². The number of phenolic OH excluding ortho intramolecular Hbond substituents is 1. The number of nitriles is 1. The fraction of sp³-hybridized carbons (Fsp3) is 0. The number of carboxylic acid groups (broad SMARTS) is 1. The predicted molar refractivity (Wildman–Crippen MR) is 66.5 cm³/mol. The first-order chi connectivity index (χ1) is 9.61. The number of benzene rings is 1. The van der Waals surface area contributed by atoms with E-state index in [0.717, 1.165) is 6.07 Å². The van der Waals surface area contributed by atoms with Gasteiger partial charge in [-0.1, -0.05) is 0 Å². The van der Waals surface area contributed by atoms with Gasteiger partial charge in [0.05, 0.1) is 11.3 Å². The number of carboxylic acids is 1. The molecule has 100 valence electrons. The summed E-state index contributed by atoms with van der Waals surface area (Å²) in [5.41, 5.74) is 0.294. The summed E-state index contributed by atoms with van der Waals surface area (Å²) >= 11 is 0. The fourth-order valence-electron chi connectivity index (χ4n) is 1.36. The third-order valence-electron chi connectivity index (χ3n) is 2.32. The Morgan fingerprint density at radius 2 is 2.30 bits per heavy atom. The fourth-order valence-corrected chi connectivity index (χ4v) is 1.36. The van der Waals surface area contributed by atoms with E-state index < -0.39 is 5.97 Å². The van der Waals surface area contributed by atoms with Crippen molar-refractivity contribution >= 4 is 17.2 Å². The molecule has 0 saturated heterocycles. The number of carbonyl (C=O) groups is 1. The van der Waals surface area contributed by atoms with Crippen molar-refractivity contribution in [3.8, 4) is 11.8 Å². The maximum absolute atomic E-state index is 10.7. The summed E-state index contributed by atoms with van der Waals surface area (Å²) in [6, 6.07) is 5.65. The first-order valence-corrected chi connectivity index (χ1v) is 5.28. The maximum atomic E-state index is 10.7. The van der Waals surface area contributed by atoms with E-state index in [0.29, 0.717) is 0 Å². The molecule has 9 nitrogen and oxygen atoms in total. The highest BCUT2D eigenvalue weighted by molar-refractivity contribution is 5.89. The number of anilines is 1. The molecule has 0 amide bonds. The van der Waals surface area contributed by atoms with Gasteiger partial charge in [0, 0.05) is 6.20 Å². The number of hydrogen-bond donors (Lipinski definition) is 4. The van der Waals surface area contributed by atoms with Gasteiger partial charge in [-0.05, 0) is 23.4 Å². The van der Waals surface area contributed by atoms with Crippen molar-refractivity contribution in [3.63, 3.8) is 0 Å². The van der Waals surface area contributed by atoms with Crippen molar-refractivity contribution < 1.29 is 15.0 Å². The number of allylic oxidation sites excluding steroid dienone is 1. The number of H-pyrrole nitrogens is 1. The van der Waals surface area contributed by atoms with E-state index >= 15 is 0 Å². The molecule has 1 aromatic carbocycles. The second kappa shape index (κ2) is 5.49. The number of phenols is 1. The van der Waals surface area contributed by atoms with Gasteiger partial charge in [-0.25, -0.2) is 4.79 Å². The highest BCUT2D eigenvalue weighted by atomic mass is 16.4. The Kier molecular flexibility index (Phi) is 3.58. The number of nitrogens with zero attached hydrogens (tertiary/aromatic N) is 4. The minimum absolute atomic E-state index is 0.0456. The van der Waals surface area contributed by atoms with Gasteiger partial charge < -0.3 is 15.5 Å². The van der Waals surface area contributed by atoms with Gasteiger partial charge in [0.15, 0.2) is 0 Å². The molecule has 0 atom stereocenters. The second-order valence-corrected chi connectivity index (χ2v) is 3.59. The molecule has 0 bridgehead atoms. The number of aromatic nitrogens is 4. The Bertz CT molecular complexity index is 701. The molecule has 2 rings (SSSR count). The summed E-state index contributed by atoms with van der Waals surface area (Å²) in [7, 11) is 0.